The first-order chi connectivity index (χ1) is 8.86. The maximum Gasteiger partial charge on any atom is 0.207 e. The highest BCUT2D eigenvalue weighted by atomic mass is 15.5. The van der Waals surface area contributed by atoms with Gasteiger partial charge in [-0.2, -0.15) is 0 Å². The summed E-state index contributed by atoms with van der Waals surface area (Å²) in [5.74, 6) is 0.710. The molecular weight excluding hydrogens is 222 g/mol. The number of hydrogen-bond donors (Lipinski definition) is 0. The Morgan fingerprint density at radius 2 is 1.61 bits per heavy atom. The Kier molecular flexibility index (Phi) is 2.73. The molecule has 2 aromatic carbocycles. The summed E-state index contributed by atoms with van der Waals surface area (Å²) in [6.45, 7) is 2.16. The quantitative estimate of drug-likeness (QED) is 0.769. The SMILES string of the molecule is CCc1ccc(-c2cccc(C3=NN=N3)c2)cc1. The molecule has 1 heterocycles. The molecule has 3 nitrogen and oxygen atoms in total. The molecule has 0 radical (unpaired) electrons. The third-order valence-electron chi connectivity index (χ3n) is 3.10. The summed E-state index contributed by atoms with van der Waals surface area (Å²) < 4.78 is 0. The van der Waals surface area contributed by atoms with Gasteiger partial charge < -0.3 is 0 Å². The van der Waals surface area contributed by atoms with Crippen molar-refractivity contribution in [1.82, 2.24) is 0 Å². The van der Waals surface area contributed by atoms with E-state index in [2.05, 4.69) is 58.8 Å². The second-order valence-electron chi connectivity index (χ2n) is 4.24. The van der Waals surface area contributed by atoms with Crippen molar-refractivity contribution in [2.75, 3.05) is 0 Å². The van der Waals surface area contributed by atoms with E-state index in [0.29, 0.717) is 5.84 Å². The predicted octanol–water partition coefficient (Wildman–Crippen LogP) is 4.04. The fraction of sp³-hybridized carbons (Fsp3) is 0.133. The Morgan fingerprint density at radius 1 is 0.889 bits per heavy atom. The van der Waals surface area contributed by atoms with Gasteiger partial charge in [0, 0.05) is 5.56 Å². The summed E-state index contributed by atoms with van der Waals surface area (Å²) in [7, 11) is 0. The van der Waals surface area contributed by atoms with Crippen LogP contribution in [0.15, 0.2) is 64.0 Å². The highest BCUT2D eigenvalue weighted by molar-refractivity contribution is 6.01. The molecule has 0 spiro atoms. The number of hydrogen-bond acceptors (Lipinski definition) is 3. The molecule has 1 aliphatic rings. The zero-order chi connectivity index (χ0) is 12.4. The highest BCUT2D eigenvalue weighted by Crippen LogP contribution is 2.22. The van der Waals surface area contributed by atoms with Crippen molar-refractivity contribution < 1.29 is 0 Å². The minimum Gasteiger partial charge on any atom is -0.108 e. The minimum atomic E-state index is 0.710. The van der Waals surface area contributed by atoms with Crippen molar-refractivity contribution in [1.29, 1.82) is 0 Å². The third-order valence-corrected chi connectivity index (χ3v) is 3.10. The van der Waals surface area contributed by atoms with E-state index in [-0.39, 0.29) is 0 Å². The van der Waals surface area contributed by atoms with Gasteiger partial charge in [-0.05, 0) is 34.4 Å². The summed E-state index contributed by atoms with van der Waals surface area (Å²) >= 11 is 0. The van der Waals surface area contributed by atoms with E-state index in [1.807, 2.05) is 12.1 Å². The van der Waals surface area contributed by atoms with Crippen LogP contribution in [-0.2, 0) is 6.42 Å². The van der Waals surface area contributed by atoms with E-state index in [1.165, 1.54) is 16.7 Å². The summed E-state index contributed by atoms with van der Waals surface area (Å²) in [6, 6.07) is 16.9. The Bertz CT molecular complexity index is 624. The minimum absolute atomic E-state index is 0.710. The Balaban J connectivity index is 1.95. The summed E-state index contributed by atoms with van der Waals surface area (Å²) in [4.78, 5) is 0. The topological polar surface area (TPSA) is 37.1 Å². The van der Waals surface area contributed by atoms with Crippen LogP contribution in [0.2, 0.25) is 0 Å². The average Bonchev–Trinajstić information content (AvgIpc) is 2.37. The van der Waals surface area contributed by atoms with Gasteiger partial charge >= 0.3 is 0 Å². The second kappa shape index (κ2) is 4.53. The van der Waals surface area contributed by atoms with Crippen LogP contribution in [-0.4, -0.2) is 5.84 Å². The summed E-state index contributed by atoms with van der Waals surface area (Å²) in [5.41, 5.74) is 4.76. The number of rotatable bonds is 3. The number of nitrogens with zero attached hydrogens (tertiary/aromatic N) is 3. The summed E-state index contributed by atoms with van der Waals surface area (Å²) in [6.07, 6.45) is 1.07. The van der Waals surface area contributed by atoms with Crippen LogP contribution in [0.3, 0.4) is 0 Å². The molecule has 18 heavy (non-hydrogen) atoms. The molecule has 1 aliphatic heterocycles. The van der Waals surface area contributed by atoms with Crippen molar-refractivity contribution in [3.63, 3.8) is 0 Å². The molecule has 3 heteroatoms. The molecule has 0 aliphatic carbocycles. The standard InChI is InChI=1S/C15H13N3/c1-2-11-6-8-12(9-7-11)13-4-3-5-14(10-13)15-16-18-17-15/h3-10H,2H2,1H3. The van der Waals surface area contributed by atoms with Crippen molar-refractivity contribution in [3.8, 4) is 11.1 Å². The molecular formula is C15H13N3. The van der Waals surface area contributed by atoms with Crippen LogP contribution < -0.4 is 0 Å². The van der Waals surface area contributed by atoms with E-state index in [0.717, 1.165) is 12.0 Å². The lowest BCUT2D eigenvalue weighted by molar-refractivity contribution is 0.990. The molecule has 0 aromatic heterocycles. The molecule has 0 amide bonds. The normalized spacial score (nSPS) is 13.1. The lowest BCUT2D eigenvalue weighted by Crippen LogP contribution is -2.00. The molecule has 2 aromatic rings. The molecule has 0 bridgehead atoms. The third kappa shape index (κ3) is 1.95. The van der Waals surface area contributed by atoms with Gasteiger partial charge in [-0.15, -0.1) is 10.2 Å². The van der Waals surface area contributed by atoms with Gasteiger partial charge in [0.05, 0.1) is 0 Å². The highest BCUT2D eigenvalue weighted by Gasteiger charge is 2.09. The van der Waals surface area contributed by atoms with Gasteiger partial charge in [0.15, 0.2) is 0 Å². The predicted molar refractivity (Wildman–Crippen MR) is 72.6 cm³/mol. The van der Waals surface area contributed by atoms with E-state index in [9.17, 15) is 0 Å². The van der Waals surface area contributed by atoms with Gasteiger partial charge in [-0.1, -0.05) is 49.4 Å². The maximum absolute atomic E-state index is 3.88. The number of benzene rings is 2. The van der Waals surface area contributed by atoms with E-state index in [1.54, 1.807) is 0 Å². The molecule has 0 saturated heterocycles. The Labute approximate surface area is 106 Å². The van der Waals surface area contributed by atoms with E-state index in [4.69, 9.17) is 0 Å². The lowest BCUT2D eigenvalue weighted by atomic mass is 10.0. The average molecular weight is 235 g/mol. The van der Waals surface area contributed by atoms with Gasteiger partial charge in [0.1, 0.15) is 0 Å². The first-order valence-corrected chi connectivity index (χ1v) is 6.05. The van der Waals surface area contributed by atoms with Crippen LogP contribution >= 0.6 is 0 Å². The molecule has 0 saturated carbocycles. The molecule has 0 fully saturated rings. The Hall–Kier alpha value is -2.29. The molecule has 0 N–H and O–H groups in total. The van der Waals surface area contributed by atoms with Crippen molar-refractivity contribution >= 4 is 5.84 Å². The van der Waals surface area contributed by atoms with Gasteiger partial charge in [-0.25, -0.2) is 0 Å². The summed E-state index contributed by atoms with van der Waals surface area (Å²) in [5, 5.41) is 11.3. The zero-order valence-corrected chi connectivity index (χ0v) is 10.2. The van der Waals surface area contributed by atoms with Gasteiger partial charge in [-0.3, -0.25) is 0 Å². The molecule has 0 atom stereocenters. The Morgan fingerprint density at radius 3 is 2.22 bits per heavy atom. The molecule has 3 rings (SSSR count). The van der Waals surface area contributed by atoms with E-state index >= 15 is 0 Å². The fourth-order valence-electron chi connectivity index (χ4n) is 1.98. The number of aryl methyl sites for hydroxylation is 1. The number of amidine groups is 1. The van der Waals surface area contributed by atoms with Crippen molar-refractivity contribution in [3.05, 3.63) is 59.7 Å². The first kappa shape index (κ1) is 10.8. The van der Waals surface area contributed by atoms with Gasteiger partial charge in [0.2, 0.25) is 5.84 Å². The van der Waals surface area contributed by atoms with Crippen molar-refractivity contribution in [2.45, 2.75) is 13.3 Å². The van der Waals surface area contributed by atoms with Gasteiger partial charge in [0.25, 0.3) is 0 Å². The smallest absolute Gasteiger partial charge is 0.108 e. The van der Waals surface area contributed by atoms with Crippen LogP contribution in [0.4, 0.5) is 0 Å². The maximum atomic E-state index is 3.88. The van der Waals surface area contributed by atoms with Crippen LogP contribution in [0.25, 0.3) is 11.1 Å². The fourth-order valence-corrected chi connectivity index (χ4v) is 1.98. The van der Waals surface area contributed by atoms with Crippen LogP contribution in [0.1, 0.15) is 18.1 Å². The first-order valence-electron chi connectivity index (χ1n) is 6.05. The molecule has 0 unspecified atom stereocenters. The van der Waals surface area contributed by atoms with Crippen LogP contribution in [0, 0.1) is 0 Å². The second-order valence-corrected chi connectivity index (χ2v) is 4.24. The lowest BCUT2D eigenvalue weighted by Gasteiger charge is -2.07. The van der Waals surface area contributed by atoms with Crippen molar-refractivity contribution in [2.24, 2.45) is 15.4 Å². The van der Waals surface area contributed by atoms with Crippen LogP contribution in [0.5, 0.6) is 0 Å². The molecule has 88 valence electrons. The van der Waals surface area contributed by atoms with E-state index < -0.39 is 0 Å². The monoisotopic (exact) mass is 235 g/mol. The largest absolute Gasteiger partial charge is 0.207 e. The zero-order valence-electron chi connectivity index (χ0n) is 10.2.